The minimum absolute atomic E-state index is 0.00654. The number of sulfonamides is 1. The Bertz CT molecular complexity index is 547. The van der Waals surface area contributed by atoms with Gasteiger partial charge in [-0.3, -0.25) is 0 Å². The molecule has 4 nitrogen and oxygen atoms in total. The first-order valence-corrected chi connectivity index (χ1v) is 9.43. The highest BCUT2D eigenvalue weighted by molar-refractivity contribution is 7.89. The van der Waals surface area contributed by atoms with Crippen molar-refractivity contribution in [3.05, 3.63) is 16.3 Å². The molecule has 1 saturated carbocycles. The van der Waals surface area contributed by atoms with Crippen LogP contribution in [0.4, 0.5) is 0 Å². The fourth-order valence-corrected chi connectivity index (χ4v) is 4.63. The van der Waals surface area contributed by atoms with Gasteiger partial charge in [0.05, 0.1) is 4.90 Å². The molecule has 20 heavy (non-hydrogen) atoms. The van der Waals surface area contributed by atoms with E-state index in [0.717, 1.165) is 11.4 Å². The molecule has 1 unspecified atom stereocenters. The molecule has 1 fully saturated rings. The monoisotopic (exact) mass is 316 g/mol. The molecule has 1 N–H and O–H groups in total. The van der Waals surface area contributed by atoms with Crippen LogP contribution in [0.3, 0.4) is 0 Å². The molecule has 0 aromatic carbocycles. The lowest BCUT2D eigenvalue weighted by molar-refractivity contribution is 0.316. The molecule has 0 saturated heterocycles. The molecule has 1 aliphatic rings. The summed E-state index contributed by atoms with van der Waals surface area (Å²) in [5, 5.41) is 5.16. The van der Waals surface area contributed by atoms with Crippen LogP contribution in [0.25, 0.3) is 0 Å². The van der Waals surface area contributed by atoms with Crippen LogP contribution in [0, 0.1) is 5.92 Å². The van der Waals surface area contributed by atoms with Gasteiger partial charge in [-0.25, -0.2) is 8.42 Å². The normalized spacial score (nSPS) is 17.9. The van der Waals surface area contributed by atoms with Crippen LogP contribution >= 0.6 is 11.3 Å². The third-order valence-corrected chi connectivity index (χ3v) is 7.00. The molecular formula is C14H24N2O2S2. The van der Waals surface area contributed by atoms with Crippen LogP contribution in [0.5, 0.6) is 0 Å². The van der Waals surface area contributed by atoms with Crippen LogP contribution in [-0.4, -0.2) is 31.9 Å². The van der Waals surface area contributed by atoms with E-state index in [1.54, 1.807) is 18.5 Å². The Morgan fingerprint density at radius 2 is 2.05 bits per heavy atom. The summed E-state index contributed by atoms with van der Waals surface area (Å²) >= 11 is 1.52. The maximum atomic E-state index is 12.6. The molecule has 1 aromatic heterocycles. The van der Waals surface area contributed by atoms with E-state index in [1.807, 2.05) is 20.8 Å². The first-order valence-electron chi connectivity index (χ1n) is 7.11. The van der Waals surface area contributed by atoms with Gasteiger partial charge in [0.15, 0.2) is 0 Å². The molecule has 0 aliphatic heterocycles. The largest absolute Gasteiger partial charge is 0.309 e. The van der Waals surface area contributed by atoms with Crippen molar-refractivity contribution < 1.29 is 8.42 Å². The van der Waals surface area contributed by atoms with Gasteiger partial charge in [0, 0.05) is 35.9 Å². The highest BCUT2D eigenvalue weighted by Gasteiger charge is 2.28. The van der Waals surface area contributed by atoms with Gasteiger partial charge in [0.1, 0.15) is 0 Å². The predicted molar refractivity (Wildman–Crippen MR) is 83.4 cm³/mol. The summed E-state index contributed by atoms with van der Waals surface area (Å²) in [6.45, 7) is 6.79. The van der Waals surface area contributed by atoms with Gasteiger partial charge >= 0.3 is 0 Å². The lowest BCUT2D eigenvalue weighted by atomic mass is 10.1. The Labute approximate surface area is 126 Å². The Balaban J connectivity index is 2.08. The molecule has 1 heterocycles. The van der Waals surface area contributed by atoms with E-state index in [-0.39, 0.29) is 6.04 Å². The molecule has 0 spiro atoms. The van der Waals surface area contributed by atoms with E-state index in [4.69, 9.17) is 0 Å². The summed E-state index contributed by atoms with van der Waals surface area (Å²) in [4.78, 5) is 1.51. The molecular weight excluding hydrogens is 292 g/mol. The second-order valence-corrected chi connectivity index (χ2v) is 8.90. The Morgan fingerprint density at radius 3 is 2.60 bits per heavy atom. The Hall–Kier alpha value is -0.430. The van der Waals surface area contributed by atoms with E-state index in [1.165, 1.54) is 28.5 Å². The second kappa shape index (κ2) is 6.13. The topological polar surface area (TPSA) is 49.4 Å². The van der Waals surface area contributed by atoms with Gasteiger partial charge in [0.2, 0.25) is 10.0 Å². The molecule has 114 valence electrons. The lowest BCUT2D eigenvalue weighted by Gasteiger charge is -2.26. The summed E-state index contributed by atoms with van der Waals surface area (Å²) in [6.07, 6.45) is 2.48. The first-order chi connectivity index (χ1) is 9.32. The van der Waals surface area contributed by atoms with Gasteiger partial charge in [0.25, 0.3) is 0 Å². The molecule has 0 radical (unpaired) electrons. The fourth-order valence-electron chi connectivity index (χ4n) is 1.93. The summed E-state index contributed by atoms with van der Waals surface area (Å²) in [6, 6.07) is 2.44. The SMILES string of the molecule is CC(C)C(C)N(C)S(=O)(=O)c1csc(CNC2CC2)c1. The minimum atomic E-state index is -3.37. The lowest BCUT2D eigenvalue weighted by Crippen LogP contribution is -2.38. The van der Waals surface area contributed by atoms with Crippen molar-refractivity contribution in [3.63, 3.8) is 0 Å². The highest BCUT2D eigenvalue weighted by atomic mass is 32.2. The van der Waals surface area contributed by atoms with Crippen molar-refractivity contribution in [1.29, 1.82) is 0 Å². The molecule has 6 heteroatoms. The molecule has 1 aliphatic carbocycles. The highest BCUT2D eigenvalue weighted by Crippen LogP contribution is 2.26. The zero-order valence-electron chi connectivity index (χ0n) is 12.6. The van der Waals surface area contributed by atoms with Gasteiger partial charge in [-0.1, -0.05) is 13.8 Å². The van der Waals surface area contributed by atoms with Crippen molar-refractivity contribution >= 4 is 21.4 Å². The summed E-state index contributed by atoms with van der Waals surface area (Å²) < 4.78 is 26.6. The number of nitrogens with zero attached hydrogens (tertiary/aromatic N) is 1. The summed E-state index contributed by atoms with van der Waals surface area (Å²) in [5.41, 5.74) is 0. The second-order valence-electron chi connectivity index (χ2n) is 5.91. The van der Waals surface area contributed by atoms with Crippen molar-refractivity contribution in [2.24, 2.45) is 5.92 Å². The van der Waals surface area contributed by atoms with Crippen LogP contribution < -0.4 is 5.32 Å². The average Bonchev–Trinajstić information content (AvgIpc) is 3.10. The van der Waals surface area contributed by atoms with Crippen molar-refractivity contribution in [2.45, 2.75) is 57.1 Å². The fraction of sp³-hybridized carbons (Fsp3) is 0.714. The zero-order valence-corrected chi connectivity index (χ0v) is 14.2. The number of thiophene rings is 1. The van der Waals surface area contributed by atoms with E-state index < -0.39 is 10.0 Å². The van der Waals surface area contributed by atoms with Gasteiger partial charge in [-0.05, 0) is 31.7 Å². The smallest absolute Gasteiger partial charge is 0.243 e. The van der Waals surface area contributed by atoms with E-state index in [9.17, 15) is 8.42 Å². The van der Waals surface area contributed by atoms with Crippen molar-refractivity contribution in [2.75, 3.05) is 7.05 Å². The van der Waals surface area contributed by atoms with Crippen LogP contribution in [0.2, 0.25) is 0 Å². The summed E-state index contributed by atoms with van der Waals surface area (Å²) in [7, 11) is -1.70. The number of hydrogen-bond acceptors (Lipinski definition) is 4. The number of rotatable bonds is 7. The zero-order chi connectivity index (χ0) is 14.9. The number of nitrogens with one attached hydrogen (secondary N) is 1. The van der Waals surface area contributed by atoms with E-state index in [2.05, 4.69) is 5.32 Å². The minimum Gasteiger partial charge on any atom is -0.309 e. The maximum Gasteiger partial charge on any atom is 0.243 e. The standard InChI is InChI=1S/C14H24N2O2S2/c1-10(2)11(3)16(4)20(17,18)14-7-13(19-9-14)8-15-12-5-6-12/h7,9-12,15H,5-6,8H2,1-4H3. The van der Waals surface area contributed by atoms with Gasteiger partial charge in [-0.2, -0.15) is 4.31 Å². The van der Waals surface area contributed by atoms with Crippen LogP contribution in [0.15, 0.2) is 16.3 Å². The molecule has 0 bridgehead atoms. The molecule has 1 aromatic rings. The molecule has 2 rings (SSSR count). The van der Waals surface area contributed by atoms with Crippen molar-refractivity contribution in [1.82, 2.24) is 9.62 Å². The third kappa shape index (κ3) is 3.61. The number of hydrogen-bond donors (Lipinski definition) is 1. The maximum absolute atomic E-state index is 12.6. The predicted octanol–water partition coefficient (Wildman–Crippen LogP) is 2.67. The van der Waals surface area contributed by atoms with Gasteiger partial charge in [-0.15, -0.1) is 11.3 Å². The van der Waals surface area contributed by atoms with E-state index >= 15 is 0 Å². The average molecular weight is 316 g/mol. The third-order valence-electron chi connectivity index (χ3n) is 3.99. The summed E-state index contributed by atoms with van der Waals surface area (Å²) in [5.74, 6) is 0.296. The Kier molecular flexibility index (Phi) is 4.89. The van der Waals surface area contributed by atoms with Crippen molar-refractivity contribution in [3.8, 4) is 0 Å². The molecule has 1 atom stereocenters. The quantitative estimate of drug-likeness (QED) is 0.841. The van der Waals surface area contributed by atoms with E-state index in [0.29, 0.717) is 16.9 Å². The van der Waals surface area contributed by atoms with Crippen LogP contribution in [-0.2, 0) is 16.6 Å². The molecule has 0 amide bonds. The first kappa shape index (κ1) is 15.9. The Morgan fingerprint density at radius 1 is 1.40 bits per heavy atom. The van der Waals surface area contributed by atoms with Crippen LogP contribution in [0.1, 0.15) is 38.5 Å². The van der Waals surface area contributed by atoms with Gasteiger partial charge < -0.3 is 5.32 Å².